The standard InChI is InChI=1S/C73H113N7O34/c1-15-52(93)26-27-60(97)111-53(16-2)70(98)80(31-29-75-58(95)24-18-21-35-100-72-62(77-41(4)82)68(109-50(13)91)65(106-47(10)88)55(113-72)38-103-44(7)85)33-32-79(59(96)25-19-22-36-101-73-63(78-42(5)83)69(110-51(14)92)66(107-48(11)89)56(114-73)39-104-45(8)86)30-28-74-57(94)23-17-20-34-99-71-61(76-40(3)81)67(108-49(12)90)64(105-46(9)87)54(112-71)37-102-43(6)84/h53-56,61-69,71-73H,15-39H2,1-14H3,(H,74,94)(H,75,95)(H,76,81)(H,77,82)(H,78,83)/t53?,54?,55?,56?,61?,62?,63?,64-,65-,66-,67+,68+,69+,71+,72+,73+/m0/s1. The second-order valence-electron chi connectivity index (χ2n) is 26.8. The van der Waals surface area contributed by atoms with Gasteiger partial charge in [0, 0.05) is 174 Å². The highest BCUT2D eigenvalue weighted by molar-refractivity contribution is 5.86. The molecule has 644 valence electrons. The van der Waals surface area contributed by atoms with E-state index in [2.05, 4.69) is 26.6 Å². The number of carbonyl (C=O) groups is 18. The van der Waals surface area contributed by atoms with Crippen LogP contribution < -0.4 is 26.6 Å². The number of esters is 10. The van der Waals surface area contributed by atoms with E-state index in [1.54, 1.807) is 13.8 Å². The molecule has 41 nitrogen and oxygen atoms in total. The minimum atomic E-state index is -1.42. The number of carbonyl (C=O) groups excluding carboxylic acids is 18. The molecule has 3 saturated heterocycles. The van der Waals surface area contributed by atoms with Crippen molar-refractivity contribution in [2.45, 2.75) is 278 Å². The Morgan fingerprint density at radius 3 is 0.982 bits per heavy atom. The van der Waals surface area contributed by atoms with Gasteiger partial charge in [-0.15, -0.1) is 0 Å². The highest BCUT2D eigenvalue weighted by atomic mass is 16.7. The van der Waals surface area contributed by atoms with E-state index in [4.69, 9.17) is 75.8 Å². The van der Waals surface area contributed by atoms with Crippen LogP contribution in [-0.4, -0.2) is 294 Å². The van der Waals surface area contributed by atoms with Crippen LogP contribution in [-0.2, 0) is 162 Å². The van der Waals surface area contributed by atoms with Crippen LogP contribution in [0.5, 0.6) is 0 Å². The monoisotopic (exact) mass is 1630 g/mol. The number of nitrogens with one attached hydrogen (secondary N) is 5. The van der Waals surface area contributed by atoms with Gasteiger partial charge in [-0.3, -0.25) is 86.3 Å². The van der Waals surface area contributed by atoms with Crippen molar-refractivity contribution in [1.82, 2.24) is 36.4 Å². The minimum Gasteiger partial charge on any atom is -0.463 e. The molecule has 7 amide bonds. The molecule has 0 aromatic rings. The van der Waals surface area contributed by atoms with Crippen molar-refractivity contribution >= 4 is 107 Å². The first-order valence-electron chi connectivity index (χ1n) is 37.7. The van der Waals surface area contributed by atoms with E-state index in [0.717, 1.165) is 62.3 Å². The van der Waals surface area contributed by atoms with Crippen LogP contribution in [0.25, 0.3) is 0 Å². The highest BCUT2D eigenvalue weighted by Gasteiger charge is 2.54. The average molecular weight is 1630 g/mol. The lowest BCUT2D eigenvalue weighted by atomic mass is 9.96. The molecule has 0 aromatic heterocycles. The van der Waals surface area contributed by atoms with Crippen LogP contribution in [0.2, 0.25) is 0 Å². The third-order valence-corrected chi connectivity index (χ3v) is 17.1. The molecule has 0 aliphatic carbocycles. The summed E-state index contributed by atoms with van der Waals surface area (Å²) in [6.07, 6.45) is -17.3. The lowest BCUT2D eigenvalue weighted by Gasteiger charge is -2.44. The smallest absolute Gasteiger partial charge is 0.307 e. The molecule has 41 heteroatoms. The summed E-state index contributed by atoms with van der Waals surface area (Å²) < 4.78 is 90.4. The Morgan fingerprint density at radius 1 is 0.360 bits per heavy atom. The third kappa shape index (κ3) is 37.6. The lowest BCUT2D eigenvalue weighted by Crippen LogP contribution is -2.66. The molecule has 3 rings (SSSR count). The number of ketones is 1. The molecule has 0 bridgehead atoms. The summed E-state index contributed by atoms with van der Waals surface area (Å²) in [7, 11) is 0. The van der Waals surface area contributed by atoms with Crippen molar-refractivity contribution in [3.05, 3.63) is 0 Å². The van der Waals surface area contributed by atoms with E-state index in [1.165, 1.54) is 30.6 Å². The number of Topliss-reactive ketones (excluding diaryl/α,β-unsaturated/α-hetero) is 1. The summed E-state index contributed by atoms with van der Waals surface area (Å²) in [4.78, 5) is 231. The molecule has 0 aromatic carbocycles. The number of rotatable bonds is 49. The van der Waals surface area contributed by atoms with E-state index in [-0.39, 0.29) is 148 Å². The van der Waals surface area contributed by atoms with Crippen LogP contribution in [0.3, 0.4) is 0 Å². The molecular formula is C73H113N7O34. The Morgan fingerprint density at radius 2 is 0.675 bits per heavy atom. The van der Waals surface area contributed by atoms with Crippen molar-refractivity contribution in [3.63, 3.8) is 0 Å². The first-order chi connectivity index (χ1) is 53.8. The van der Waals surface area contributed by atoms with Gasteiger partial charge in [0.2, 0.25) is 35.4 Å². The molecule has 3 fully saturated rings. The average Bonchev–Trinajstić information content (AvgIpc) is 0.798. The molecule has 7 unspecified atom stereocenters. The molecule has 16 atom stereocenters. The van der Waals surface area contributed by atoms with Gasteiger partial charge in [-0.2, -0.15) is 0 Å². The van der Waals surface area contributed by atoms with Gasteiger partial charge >= 0.3 is 59.7 Å². The molecule has 114 heavy (non-hydrogen) atoms. The molecule has 0 saturated carbocycles. The molecule has 0 spiro atoms. The molecule has 3 heterocycles. The predicted molar refractivity (Wildman–Crippen MR) is 385 cm³/mol. The van der Waals surface area contributed by atoms with Crippen LogP contribution in [0.15, 0.2) is 0 Å². The van der Waals surface area contributed by atoms with Gasteiger partial charge in [-0.1, -0.05) is 13.8 Å². The number of ether oxygens (including phenoxy) is 16. The fourth-order valence-electron chi connectivity index (χ4n) is 12.1. The summed E-state index contributed by atoms with van der Waals surface area (Å²) in [5, 5.41) is 13.4. The van der Waals surface area contributed by atoms with Gasteiger partial charge in [0.1, 0.15) is 62.0 Å². The van der Waals surface area contributed by atoms with Gasteiger partial charge in [0.05, 0.1) is 6.42 Å². The zero-order valence-electron chi connectivity index (χ0n) is 67.2. The highest BCUT2D eigenvalue weighted by Crippen LogP contribution is 2.32. The van der Waals surface area contributed by atoms with Gasteiger partial charge in [-0.25, -0.2) is 0 Å². The van der Waals surface area contributed by atoms with Gasteiger partial charge in [-0.05, 0) is 44.9 Å². The van der Waals surface area contributed by atoms with E-state index in [9.17, 15) is 86.3 Å². The molecule has 0 radical (unpaired) electrons. The van der Waals surface area contributed by atoms with Crippen LogP contribution in [0, 0.1) is 0 Å². The van der Waals surface area contributed by atoms with Crippen molar-refractivity contribution in [3.8, 4) is 0 Å². The Bertz CT molecular complexity index is 3270. The van der Waals surface area contributed by atoms with Crippen LogP contribution in [0.1, 0.15) is 180 Å². The van der Waals surface area contributed by atoms with E-state index < -0.39 is 219 Å². The molecule has 5 N–H and O–H groups in total. The Labute approximate surface area is 660 Å². The summed E-state index contributed by atoms with van der Waals surface area (Å²) in [5.41, 5.74) is 0. The second kappa shape index (κ2) is 52.0. The summed E-state index contributed by atoms with van der Waals surface area (Å²) in [6, 6.07) is -3.78. The predicted octanol–water partition coefficient (Wildman–Crippen LogP) is -0.514. The zero-order chi connectivity index (χ0) is 85.3. The maximum atomic E-state index is 14.6. The quantitative estimate of drug-likeness (QED) is 0.0291. The molecule has 3 aliphatic heterocycles. The second-order valence-corrected chi connectivity index (χ2v) is 26.8. The summed E-state index contributed by atoms with van der Waals surface area (Å²) >= 11 is 0. The van der Waals surface area contributed by atoms with E-state index in [1.807, 2.05) is 0 Å². The Hall–Kier alpha value is -9.58. The van der Waals surface area contributed by atoms with Crippen LogP contribution in [0.4, 0.5) is 0 Å². The van der Waals surface area contributed by atoms with Crippen molar-refractivity contribution in [1.29, 1.82) is 0 Å². The number of amides is 7. The van der Waals surface area contributed by atoms with Gasteiger partial charge in [0.15, 0.2) is 61.6 Å². The fourth-order valence-corrected chi connectivity index (χ4v) is 12.1. The molecular weight excluding hydrogens is 1520 g/mol. The topological polar surface area (TPSA) is 522 Å². The summed E-state index contributed by atoms with van der Waals surface area (Å²) in [6.45, 7) is 13.6. The minimum absolute atomic E-state index is 0.0399. The number of unbranched alkanes of at least 4 members (excludes halogenated alkanes) is 3. The largest absolute Gasteiger partial charge is 0.463 e. The summed E-state index contributed by atoms with van der Waals surface area (Å²) in [5.74, 6) is -12.1. The SMILES string of the molecule is CCC(=O)CCC(=O)OC(CC)C(=O)N(CCNC(=O)CCCCO[C@@H]1OC(COC(C)=O)[C@H](OC(C)=O)[C@H](OC(C)=O)C1NC(C)=O)CCN(CCNC(=O)CCCCO[C@@H]1OC(COC(C)=O)[C@H](OC(C)=O)[C@H](OC(C)=O)C1NC(C)=O)C(=O)CCCCO[C@@H]1OC(COC(C)=O)[C@H](OC(C)=O)[C@H](OC(C)=O)C1NC(C)=O. The Kier molecular flexibility index (Phi) is 45.0. The normalized spacial score (nSPS) is 23.2. The van der Waals surface area contributed by atoms with Crippen molar-refractivity contribution < 1.29 is 162 Å². The molecule has 3 aliphatic rings. The third-order valence-electron chi connectivity index (χ3n) is 17.1. The fraction of sp³-hybridized carbons (Fsp3) is 0.753. The van der Waals surface area contributed by atoms with Crippen molar-refractivity contribution in [2.24, 2.45) is 0 Å². The first kappa shape index (κ1) is 98.6. The van der Waals surface area contributed by atoms with E-state index >= 15 is 0 Å². The first-order valence-corrected chi connectivity index (χ1v) is 37.7. The number of nitrogens with zero attached hydrogens (tertiary/aromatic N) is 2. The van der Waals surface area contributed by atoms with E-state index in [0.29, 0.717) is 0 Å². The Balaban J connectivity index is 1.90. The number of hydrogen-bond donors (Lipinski definition) is 5. The maximum absolute atomic E-state index is 14.6. The van der Waals surface area contributed by atoms with Crippen LogP contribution >= 0.6 is 0 Å². The van der Waals surface area contributed by atoms with Gasteiger partial charge < -0.3 is 112 Å². The zero-order valence-corrected chi connectivity index (χ0v) is 67.2. The lowest BCUT2D eigenvalue weighted by molar-refractivity contribution is -0.277. The van der Waals surface area contributed by atoms with Gasteiger partial charge in [0.25, 0.3) is 5.91 Å². The maximum Gasteiger partial charge on any atom is 0.307 e. The number of hydrogen-bond acceptors (Lipinski definition) is 34. The van der Waals surface area contributed by atoms with Crippen molar-refractivity contribution in [2.75, 3.05) is 78.9 Å².